The van der Waals surface area contributed by atoms with Crippen LogP contribution in [0.3, 0.4) is 0 Å². The number of nitrogens with zero attached hydrogens (tertiary/aromatic N) is 2. The molecule has 0 radical (unpaired) electrons. The van der Waals surface area contributed by atoms with Gasteiger partial charge in [0.2, 0.25) is 0 Å². The Labute approximate surface area is 66.1 Å². The lowest BCUT2D eigenvalue weighted by molar-refractivity contribution is -0.102. The van der Waals surface area contributed by atoms with Crippen LogP contribution >= 0.6 is 0 Å². The van der Waals surface area contributed by atoms with Crippen molar-refractivity contribution < 1.29 is 9.57 Å². The Bertz CT molecular complexity index is 157. The first-order chi connectivity index (χ1) is 5.43. The van der Waals surface area contributed by atoms with Gasteiger partial charge in [0.05, 0.1) is 19.8 Å². The second-order valence-corrected chi connectivity index (χ2v) is 2.07. The maximum Gasteiger partial charge on any atom is 0.116 e. The highest BCUT2D eigenvalue weighted by atomic mass is 16.7. The van der Waals surface area contributed by atoms with Crippen LogP contribution in [-0.2, 0) is 9.57 Å². The number of aliphatic imine (C=N–C) groups is 1. The van der Waals surface area contributed by atoms with Crippen LogP contribution in [0.4, 0.5) is 0 Å². The van der Waals surface area contributed by atoms with E-state index in [0.29, 0.717) is 13.2 Å². The first kappa shape index (κ1) is 8.23. The third kappa shape index (κ3) is 3.15. The molecule has 1 aliphatic heterocycles. The average molecular weight is 156 g/mol. The third-order valence-electron chi connectivity index (χ3n) is 1.22. The fourth-order valence-corrected chi connectivity index (χ4v) is 0.696. The van der Waals surface area contributed by atoms with Crippen LogP contribution in [0.15, 0.2) is 17.3 Å². The molecule has 1 rings (SSSR count). The Kier molecular flexibility index (Phi) is 3.64. The molecule has 0 unspecified atom stereocenters. The Morgan fingerprint density at radius 3 is 3.09 bits per heavy atom. The summed E-state index contributed by atoms with van der Waals surface area (Å²) in [5.41, 5.74) is 0. The van der Waals surface area contributed by atoms with E-state index >= 15 is 0 Å². The van der Waals surface area contributed by atoms with Crippen LogP contribution < -0.4 is 0 Å². The SMILES string of the molecule is COCCON1C=NC=CC1. The van der Waals surface area contributed by atoms with Crippen LogP contribution in [0.2, 0.25) is 0 Å². The fraction of sp³-hybridized carbons (Fsp3) is 0.571. The summed E-state index contributed by atoms with van der Waals surface area (Å²) in [5, 5.41) is 1.67. The molecule has 0 amide bonds. The molecule has 62 valence electrons. The standard InChI is InChI=1S/C7H12N2O2/c1-10-5-6-11-9-4-2-3-8-7-9/h2-3,7H,4-6H2,1H3. The summed E-state index contributed by atoms with van der Waals surface area (Å²) in [4.78, 5) is 9.12. The van der Waals surface area contributed by atoms with E-state index in [9.17, 15) is 0 Å². The molecule has 4 heteroatoms. The van der Waals surface area contributed by atoms with Gasteiger partial charge in [-0.25, -0.2) is 10.1 Å². The van der Waals surface area contributed by atoms with Gasteiger partial charge in [-0.3, -0.25) is 4.84 Å². The van der Waals surface area contributed by atoms with Crippen LogP contribution in [-0.4, -0.2) is 38.3 Å². The Hall–Kier alpha value is -0.870. The minimum absolute atomic E-state index is 0.566. The molecule has 0 aromatic rings. The van der Waals surface area contributed by atoms with Gasteiger partial charge < -0.3 is 4.74 Å². The molecule has 0 saturated carbocycles. The number of methoxy groups -OCH3 is 1. The number of hydrogen-bond donors (Lipinski definition) is 0. The summed E-state index contributed by atoms with van der Waals surface area (Å²) >= 11 is 0. The molecule has 4 nitrogen and oxygen atoms in total. The lowest BCUT2D eigenvalue weighted by Gasteiger charge is -2.17. The smallest absolute Gasteiger partial charge is 0.116 e. The molecular weight excluding hydrogens is 144 g/mol. The summed E-state index contributed by atoms with van der Waals surface area (Å²) < 4.78 is 4.82. The van der Waals surface area contributed by atoms with Crippen molar-refractivity contribution in [3.8, 4) is 0 Å². The summed E-state index contributed by atoms with van der Waals surface area (Å²) in [5.74, 6) is 0. The van der Waals surface area contributed by atoms with Crippen molar-refractivity contribution in [2.24, 2.45) is 4.99 Å². The lowest BCUT2D eigenvalue weighted by atomic mass is 10.5. The van der Waals surface area contributed by atoms with Crippen LogP contribution in [0.25, 0.3) is 0 Å². The quantitative estimate of drug-likeness (QED) is 0.553. The second-order valence-electron chi connectivity index (χ2n) is 2.07. The number of hydroxylamine groups is 2. The molecule has 0 N–H and O–H groups in total. The molecule has 0 aliphatic carbocycles. The highest BCUT2D eigenvalue weighted by Crippen LogP contribution is 1.93. The summed E-state index contributed by atoms with van der Waals surface area (Å²) in [6, 6.07) is 0. The van der Waals surface area contributed by atoms with Gasteiger partial charge in [-0.15, -0.1) is 0 Å². The molecule has 0 saturated heterocycles. The van der Waals surface area contributed by atoms with Gasteiger partial charge in [0.25, 0.3) is 0 Å². The lowest BCUT2D eigenvalue weighted by Crippen LogP contribution is -2.25. The zero-order valence-corrected chi connectivity index (χ0v) is 6.56. The van der Waals surface area contributed by atoms with E-state index in [2.05, 4.69) is 4.99 Å². The highest BCUT2D eigenvalue weighted by molar-refractivity contribution is 5.55. The maximum absolute atomic E-state index is 5.23. The van der Waals surface area contributed by atoms with Gasteiger partial charge in [0.1, 0.15) is 6.34 Å². The molecular formula is C7H12N2O2. The Balaban J connectivity index is 2.07. The topological polar surface area (TPSA) is 34.1 Å². The highest BCUT2D eigenvalue weighted by Gasteiger charge is 1.98. The molecule has 11 heavy (non-hydrogen) atoms. The van der Waals surface area contributed by atoms with E-state index in [1.54, 1.807) is 24.7 Å². The van der Waals surface area contributed by atoms with Gasteiger partial charge in [0.15, 0.2) is 0 Å². The molecule has 0 aromatic carbocycles. The van der Waals surface area contributed by atoms with Crippen LogP contribution in [0.5, 0.6) is 0 Å². The van der Waals surface area contributed by atoms with Gasteiger partial charge >= 0.3 is 0 Å². The van der Waals surface area contributed by atoms with Gasteiger partial charge in [-0.2, -0.15) is 0 Å². The van der Waals surface area contributed by atoms with E-state index in [0.717, 1.165) is 6.54 Å². The van der Waals surface area contributed by atoms with Crippen molar-refractivity contribution in [2.75, 3.05) is 26.9 Å². The largest absolute Gasteiger partial charge is 0.382 e. The van der Waals surface area contributed by atoms with Gasteiger partial charge in [-0.05, 0) is 6.08 Å². The molecule has 0 fully saturated rings. The normalized spacial score (nSPS) is 15.9. The van der Waals surface area contributed by atoms with Crippen molar-refractivity contribution >= 4 is 6.34 Å². The average Bonchev–Trinajstić information content (AvgIpc) is 2.07. The first-order valence-electron chi connectivity index (χ1n) is 3.50. The van der Waals surface area contributed by atoms with E-state index in [4.69, 9.17) is 9.57 Å². The van der Waals surface area contributed by atoms with Gasteiger partial charge in [-0.1, -0.05) is 0 Å². The number of ether oxygens (including phenoxy) is 1. The van der Waals surface area contributed by atoms with E-state index in [1.807, 2.05) is 6.08 Å². The minimum atomic E-state index is 0.566. The molecule has 1 aliphatic rings. The van der Waals surface area contributed by atoms with Crippen molar-refractivity contribution in [3.63, 3.8) is 0 Å². The van der Waals surface area contributed by atoms with Crippen molar-refractivity contribution in [1.82, 2.24) is 5.06 Å². The zero-order valence-electron chi connectivity index (χ0n) is 6.56. The third-order valence-corrected chi connectivity index (χ3v) is 1.22. The molecule has 1 heterocycles. The molecule has 0 atom stereocenters. The predicted octanol–water partition coefficient (Wildman–Crippen LogP) is 0.422. The second kappa shape index (κ2) is 4.87. The van der Waals surface area contributed by atoms with E-state index in [1.165, 1.54) is 0 Å². The van der Waals surface area contributed by atoms with Crippen molar-refractivity contribution in [3.05, 3.63) is 12.3 Å². The van der Waals surface area contributed by atoms with E-state index in [-0.39, 0.29) is 0 Å². The summed E-state index contributed by atoms with van der Waals surface area (Å²) in [7, 11) is 1.65. The van der Waals surface area contributed by atoms with E-state index < -0.39 is 0 Å². The predicted molar refractivity (Wildman–Crippen MR) is 42.2 cm³/mol. The number of rotatable bonds is 4. The maximum atomic E-state index is 5.23. The van der Waals surface area contributed by atoms with Crippen LogP contribution in [0.1, 0.15) is 0 Å². The van der Waals surface area contributed by atoms with Crippen molar-refractivity contribution in [2.45, 2.75) is 0 Å². The molecule has 0 bridgehead atoms. The van der Waals surface area contributed by atoms with Crippen molar-refractivity contribution in [1.29, 1.82) is 0 Å². The molecule has 0 aromatic heterocycles. The monoisotopic (exact) mass is 156 g/mol. The van der Waals surface area contributed by atoms with Crippen LogP contribution in [0, 0.1) is 0 Å². The summed E-state index contributed by atoms with van der Waals surface area (Å²) in [6.45, 7) is 1.93. The number of hydrogen-bond acceptors (Lipinski definition) is 4. The molecule has 0 spiro atoms. The summed E-state index contributed by atoms with van der Waals surface area (Å²) in [6.07, 6.45) is 5.32. The minimum Gasteiger partial charge on any atom is -0.382 e. The fourth-order valence-electron chi connectivity index (χ4n) is 0.696. The first-order valence-corrected chi connectivity index (χ1v) is 3.50. The van der Waals surface area contributed by atoms with Gasteiger partial charge in [0, 0.05) is 13.3 Å². The zero-order chi connectivity index (χ0) is 7.94. The Morgan fingerprint density at radius 1 is 1.55 bits per heavy atom. The Morgan fingerprint density at radius 2 is 2.45 bits per heavy atom.